The van der Waals surface area contributed by atoms with E-state index in [4.69, 9.17) is 5.73 Å². The SMILES string of the molecule is CC(F)(F)c1onc(N)c1-c1ccc(Br)cc1. The molecule has 2 aromatic rings. The minimum Gasteiger partial charge on any atom is -0.380 e. The predicted octanol–water partition coefficient (Wildman–Crippen LogP) is 3.80. The normalized spacial score (nSPS) is 11.8. The zero-order chi connectivity index (χ0) is 12.6. The summed E-state index contributed by atoms with van der Waals surface area (Å²) in [5, 5.41) is 3.39. The van der Waals surface area contributed by atoms with E-state index in [0.29, 0.717) is 5.56 Å². The number of nitrogen functional groups attached to an aromatic ring is 1. The fourth-order valence-electron chi connectivity index (χ4n) is 1.50. The Morgan fingerprint density at radius 3 is 2.41 bits per heavy atom. The Hall–Kier alpha value is -1.43. The third kappa shape index (κ3) is 2.31. The lowest BCUT2D eigenvalue weighted by Crippen LogP contribution is -2.07. The quantitative estimate of drug-likeness (QED) is 0.918. The summed E-state index contributed by atoms with van der Waals surface area (Å²) in [6.07, 6.45) is 0. The Labute approximate surface area is 105 Å². The van der Waals surface area contributed by atoms with Crippen molar-refractivity contribution >= 4 is 21.7 Å². The fraction of sp³-hybridized carbons (Fsp3) is 0.182. The van der Waals surface area contributed by atoms with Gasteiger partial charge in [0.25, 0.3) is 0 Å². The van der Waals surface area contributed by atoms with Crippen molar-refractivity contribution in [3.63, 3.8) is 0 Å². The van der Waals surface area contributed by atoms with Crippen molar-refractivity contribution in [2.75, 3.05) is 5.73 Å². The number of benzene rings is 1. The van der Waals surface area contributed by atoms with E-state index in [1.165, 1.54) is 0 Å². The summed E-state index contributed by atoms with van der Waals surface area (Å²) < 4.78 is 32.0. The van der Waals surface area contributed by atoms with Gasteiger partial charge in [0.2, 0.25) is 5.76 Å². The number of anilines is 1. The number of aromatic nitrogens is 1. The highest BCUT2D eigenvalue weighted by atomic mass is 79.9. The topological polar surface area (TPSA) is 52.0 Å². The van der Waals surface area contributed by atoms with Crippen molar-refractivity contribution in [1.29, 1.82) is 0 Å². The van der Waals surface area contributed by atoms with Crippen molar-refractivity contribution in [2.24, 2.45) is 0 Å². The van der Waals surface area contributed by atoms with Crippen LogP contribution < -0.4 is 5.73 Å². The molecule has 1 aromatic heterocycles. The number of alkyl halides is 2. The summed E-state index contributed by atoms with van der Waals surface area (Å²) >= 11 is 3.27. The molecule has 0 aliphatic rings. The molecule has 2 N–H and O–H groups in total. The lowest BCUT2D eigenvalue weighted by atomic mass is 10.0. The van der Waals surface area contributed by atoms with Gasteiger partial charge in [-0.2, -0.15) is 8.78 Å². The maximum atomic E-state index is 13.3. The Morgan fingerprint density at radius 1 is 1.29 bits per heavy atom. The summed E-state index contributed by atoms with van der Waals surface area (Å²) in [5.41, 5.74) is 6.25. The average Bonchev–Trinajstić information content (AvgIpc) is 2.61. The summed E-state index contributed by atoms with van der Waals surface area (Å²) in [6, 6.07) is 6.81. The number of halogens is 3. The lowest BCUT2D eigenvalue weighted by molar-refractivity contribution is -0.00974. The molecule has 6 heteroatoms. The molecule has 0 amide bonds. The summed E-state index contributed by atoms with van der Waals surface area (Å²) in [4.78, 5) is 0. The van der Waals surface area contributed by atoms with Gasteiger partial charge in [0.1, 0.15) is 0 Å². The molecular weight excluding hydrogens is 294 g/mol. The second-order valence-corrected chi connectivity index (χ2v) is 4.58. The number of rotatable bonds is 2. The average molecular weight is 303 g/mol. The molecule has 0 spiro atoms. The van der Waals surface area contributed by atoms with E-state index in [-0.39, 0.29) is 11.4 Å². The van der Waals surface area contributed by atoms with Crippen molar-refractivity contribution in [1.82, 2.24) is 5.16 Å². The highest BCUT2D eigenvalue weighted by molar-refractivity contribution is 9.10. The molecule has 90 valence electrons. The Balaban J connectivity index is 2.59. The van der Waals surface area contributed by atoms with E-state index >= 15 is 0 Å². The molecule has 0 radical (unpaired) electrons. The van der Waals surface area contributed by atoms with Crippen molar-refractivity contribution in [3.8, 4) is 11.1 Å². The molecule has 0 atom stereocenters. The van der Waals surface area contributed by atoms with Gasteiger partial charge in [0, 0.05) is 11.4 Å². The van der Waals surface area contributed by atoms with Gasteiger partial charge in [-0.3, -0.25) is 0 Å². The van der Waals surface area contributed by atoms with Crippen LogP contribution in [0.15, 0.2) is 33.3 Å². The van der Waals surface area contributed by atoms with Crippen LogP contribution in [-0.4, -0.2) is 5.16 Å². The molecule has 2 rings (SSSR count). The van der Waals surface area contributed by atoms with Crippen LogP contribution >= 0.6 is 15.9 Å². The van der Waals surface area contributed by atoms with Crippen molar-refractivity contribution in [2.45, 2.75) is 12.8 Å². The Bertz CT molecular complexity index is 531. The first-order valence-corrected chi connectivity index (χ1v) is 5.58. The van der Waals surface area contributed by atoms with Gasteiger partial charge in [0.15, 0.2) is 5.82 Å². The molecule has 0 aliphatic carbocycles. The van der Waals surface area contributed by atoms with E-state index in [2.05, 4.69) is 25.6 Å². The third-order valence-electron chi connectivity index (χ3n) is 2.25. The lowest BCUT2D eigenvalue weighted by Gasteiger charge is -2.08. The Morgan fingerprint density at radius 2 is 1.88 bits per heavy atom. The molecule has 0 unspecified atom stereocenters. The number of nitrogens with zero attached hydrogens (tertiary/aromatic N) is 1. The van der Waals surface area contributed by atoms with Gasteiger partial charge in [0.05, 0.1) is 5.56 Å². The third-order valence-corrected chi connectivity index (χ3v) is 2.78. The highest BCUT2D eigenvalue weighted by Crippen LogP contribution is 2.39. The minimum absolute atomic E-state index is 0.0381. The van der Waals surface area contributed by atoms with Crippen LogP contribution in [0.4, 0.5) is 14.6 Å². The van der Waals surface area contributed by atoms with Crippen LogP contribution in [-0.2, 0) is 5.92 Å². The summed E-state index contributed by atoms with van der Waals surface area (Å²) in [6.45, 7) is 0.745. The first-order chi connectivity index (χ1) is 7.89. The molecule has 0 aliphatic heterocycles. The second-order valence-electron chi connectivity index (χ2n) is 3.67. The van der Waals surface area contributed by atoms with Crippen LogP contribution in [0.5, 0.6) is 0 Å². The molecule has 3 nitrogen and oxygen atoms in total. The standard InChI is InChI=1S/C11H9BrF2N2O/c1-11(13,14)9-8(10(15)16-17-9)6-2-4-7(12)5-3-6/h2-5H,1H3,(H2,15,16). The van der Waals surface area contributed by atoms with E-state index in [1.54, 1.807) is 24.3 Å². The largest absolute Gasteiger partial charge is 0.380 e. The van der Waals surface area contributed by atoms with E-state index < -0.39 is 11.7 Å². The van der Waals surface area contributed by atoms with Gasteiger partial charge in [-0.05, 0) is 17.7 Å². The van der Waals surface area contributed by atoms with Gasteiger partial charge < -0.3 is 10.3 Å². The first-order valence-electron chi connectivity index (χ1n) is 4.79. The summed E-state index contributed by atoms with van der Waals surface area (Å²) in [7, 11) is 0. The van der Waals surface area contributed by atoms with Crippen molar-refractivity contribution < 1.29 is 13.3 Å². The molecule has 0 saturated carbocycles. The zero-order valence-corrected chi connectivity index (χ0v) is 10.5. The number of hydrogen-bond acceptors (Lipinski definition) is 3. The Kier molecular flexibility index (Phi) is 2.91. The van der Waals surface area contributed by atoms with Gasteiger partial charge in [-0.15, -0.1) is 0 Å². The molecule has 1 heterocycles. The monoisotopic (exact) mass is 302 g/mol. The first kappa shape index (κ1) is 12.0. The molecule has 0 saturated heterocycles. The zero-order valence-electron chi connectivity index (χ0n) is 8.88. The smallest absolute Gasteiger partial charge is 0.305 e. The van der Waals surface area contributed by atoms with E-state index in [1.807, 2.05) is 0 Å². The van der Waals surface area contributed by atoms with Crippen LogP contribution in [0.1, 0.15) is 12.7 Å². The van der Waals surface area contributed by atoms with Crippen LogP contribution in [0, 0.1) is 0 Å². The van der Waals surface area contributed by atoms with Gasteiger partial charge >= 0.3 is 5.92 Å². The predicted molar refractivity (Wildman–Crippen MR) is 63.6 cm³/mol. The van der Waals surface area contributed by atoms with E-state index in [9.17, 15) is 8.78 Å². The number of nitrogens with two attached hydrogens (primary N) is 1. The van der Waals surface area contributed by atoms with Crippen LogP contribution in [0.2, 0.25) is 0 Å². The molecule has 0 fully saturated rings. The maximum absolute atomic E-state index is 13.3. The molecule has 0 bridgehead atoms. The molecule has 1 aromatic carbocycles. The molecular formula is C11H9BrF2N2O. The number of hydrogen-bond donors (Lipinski definition) is 1. The van der Waals surface area contributed by atoms with E-state index in [0.717, 1.165) is 11.4 Å². The van der Waals surface area contributed by atoms with Gasteiger partial charge in [-0.25, -0.2) is 0 Å². The minimum atomic E-state index is -3.12. The van der Waals surface area contributed by atoms with Crippen LogP contribution in [0.3, 0.4) is 0 Å². The fourth-order valence-corrected chi connectivity index (χ4v) is 1.76. The maximum Gasteiger partial charge on any atom is 0.305 e. The van der Waals surface area contributed by atoms with Crippen molar-refractivity contribution in [3.05, 3.63) is 34.5 Å². The highest BCUT2D eigenvalue weighted by Gasteiger charge is 2.35. The van der Waals surface area contributed by atoms with Crippen LogP contribution in [0.25, 0.3) is 11.1 Å². The summed E-state index contributed by atoms with van der Waals surface area (Å²) in [5.74, 6) is -3.67. The molecule has 17 heavy (non-hydrogen) atoms. The van der Waals surface area contributed by atoms with Gasteiger partial charge in [-0.1, -0.05) is 33.2 Å². The second kappa shape index (κ2) is 4.10.